The molecule has 0 aliphatic heterocycles. The minimum absolute atomic E-state index is 0. The minimum atomic E-state index is -3.66. The largest absolute Gasteiger partial charge is 0.297 e. The second kappa shape index (κ2) is 7.07. The predicted octanol–water partition coefficient (Wildman–Crippen LogP) is 2.21. The van der Waals surface area contributed by atoms with E-state index in [2.05, 4.69) is 0 Å². The molecule has 0 aliphatic carbocycles. The number of benzene rings is 2. The van der Waals surface area contributed by atoms with Gasteiger partial charge < -0.3 is 0 Å². The topological polar surface area (TPSA) is 43.4 Å². The summed E-state index contributed by atoms with van der Waals surface area (Å²) in [7, 11) is -3.66. The van der Waals surface area contributed by atoms with E-state index in [0.29, 0.717) is 0 Å². The standard InChI is InChI=1S/C13H12O3S.Na/c14-17(15,13-9-5-2-6-10-13)16-11-12-7-3-1-4-8-12;/h1-10H,11H2;. The molecule has 0 saturated carbocycles. The normalized spacial score (nSPS) is 10.7. The van der Waals surface area contributed by atoms with Crippen LogP contribution in [-0.2, 0) is 20.9 Å². The van der Waals surface area contributed by atoms with Gasteiger partial charge in [0.2, 0.25) is 0 Å². The van der Waals surface area contributed by atoms with Crippen LogP contribution < -0.4 is 0 Å². The third kappa shape index (κ3) is 4.23. The van der Waals surface area contributed by atoms with Gasteiger partial charge in [-0.3, -0.25) is 4.18 Å². The Bertz CT molecular complexity index is 568. The molecule has 0 heterocycles. The molecule has 2 aromatic rings. The van der Waals surface area contributed by atoms with Gasteiger partial charge in [-0.15, -0.1) is 0 Å². The van der Waals surface area contributed by atoms with Crippen LogP contribution in [0.4, 0.5) is 0 Å². The Balaban J connectivity index is 0.00000162. The van der Waals surface area contributed by atoms with E-state index >= 15 is 0 Å². The molecule has 3 nitrogen and oxygen atoms in total. The first-order valence-corrected chi connectivity index (χ1v) is 6.58. The van der Waals surface area contributed by atoms with E-state index in [1.807, 2.05) is 30.3 Å². The monoisotopic (exact) mass is 271 g/mol. The van der Waals surface area contributed by atoms with Crippen LogP contribution >= 0.6 is 0 Å². The van der Waals surface area contributed by atoms with Gasteiger partial charge in [0.1, 0.15) is 0 Å². The summed E-state index contributed by atoms with van der Waals surface area (Å²) in [6.07, 6.45) is 0. The summed E-state index contributed by atoms with van der Waals surface area (Å²) in [4.78, 5) is 0.177. The predicted molar refractivity (Wildman–Crippen MR) is 70.6 cm³/mol. The Hall–Kier alpha value is -0.650. The van der Waals surface area contributed by atoms with E-state index in [4.69, 9.17) is 4.18 Å². The Labute approximate surface area is 129 Å². The van der Waals surface area contributed by atoms with Gasteiger partial charge in [0, 0.05) is 29.6 Å². The second-order valence-corrected chi connectivity index (χ2v) is 5.13. The van der Waals surface area contributed by atoms with Crippen LogP contribution in [0.3, 0.4) is 0 Å². The van der Waals surface area contributed by atoms with Crippen LogP contribution in [0.1, 0.15) is 5.56 Å². The van der Waals surface area contributed by atoms with Crippen molar-refractivity contribution in [2.45, 2.75) is 11.5 Å². The summed E-state index contributed by atoms with van der Waals surface area (Å²) in [5.41, 5.74) is 0.826. The first-order chi connectivity index (χ1) is 8.18. The Morgan fingerprint density at radius 3 is 1.89 bits per heavy atom. The Morgan fingerprint density at radius 1 is 0.833 bits per heavy atom. The molecular weight excluding hydrogens is 259 g/mol. The fourth-order valence-corrected chi connectivity index (χ4v) is 2.29. The van der Waals surface area contributed by atoms with Gasteiger partial charge in [-0.05, 0) is 17.7 Å². The summed E-state index contributed by atoms with van der Waals surface area (Å²) in [5.74, 6) is 0. The third-order valence-corrected chi connectivity index (χ3v) is 3.53. The number of hydrogen-bond acceptors (Lipinski definition) is 3. The molecule has 18 heavy (non-hydrogen) atoms. The molecule has 0 amide bonds. The van der Waals surface area contributed by atoms with Gasteiger partial charge in [0.05, 0.1) is 11.5 Å². The molecular formula is C13H12NaO3S. The summed E-state index contributed by atoms with van der Waals surface area (Å²) >= 11 is 0. The average Bonchev–Trinajstić information content (AvgIpc) is 2.39. The number of hydrogen-bond donors (Lipinski definition) is 0. The van der Waals surface area contributed by atoms with Crippen molar-refractivity contribution < 1.29 is 12.6 Å². The van der Waals surface area contributed by atoms with Crippen molar-refractivity contribution in [2.24, 2.45) is 0 Å². The third-order valence-electron chi connectivity index (χ3n) is 2.26. The maximum atomic E-state index is 11.8. The molecule has 0 aliphatic rings. The van der Waals surface area contributed by atoms with Crippen LogP contribution in [0.2, 0.25) is 0 Å². The molecule has 0 saturated heterocycles. The zero-order valence-electron chi connectivity index (χ0n) is 10.1. The molecule has 2 rings (SSSR count). The van der Waals surface area contributed by atoms with E-state index in [9.17, 15) is 8.42 Å². The van der Waals surface area contributed by atoms with E-state index in [0.717, 1.165) is 5.56 Å². The molecule has 0 fully saturated rings. The Kier molecular flexibility index (Phi) is 6.05. The molecule has 0 bridgehead atoms. The van der Waals surface area contributed by atoms with E-state index in [1.165, 1.54) is 12.1 Å². The van der Waals surface area contributed by atoms with Crippen LogP contribution in [0.5, 0.6) is 0 Å². The van der Waals surface area contributed by atoms with Crippen LogP contribution in [0.25, 0.3) is 0 Å². The summed E-state index contributed by atoms with van der Waals surface area (Å²) < 4.78 is 28.5. The molecule has 0 N–H and O–H groups in total. The quantitative estimate of drug-likeness (QED) is 0.632. The fourth-order valence-electron chi connectivity index (χ4n) is 1.38. The molecule has 1 radical (unpaired) electrons. The molecule has 89 valence electrons. The maximum absolute atomic E-state index is 11.8. The van der Waals surface area contributed by atoms with E-state index < -0.39 is 10.1 Å². The van der Waals surface area contributed by atoms with Gasteiger partial charge in [0.25, 0.3) is 10.1 Å². The maximum Gasteiger partial charge on any atom is 0.297 e. The summed E-state index contributed by atoms with van der Waals surface area (Å²) in [5, 5.41) is 0. The van der Waals surface area contributed by atoms with E-state index in [1.54, 1.807) is 18.2 Å². The second-order valence-electron chi connectivity index (χ2n) is 3.51. The van der Waals surface area contributed by atoms with Crippen LogP contribution in [0.15, 0.2) is 65.6 Å². The Morgan fingerprint density at radius 2 is 1.33 bits per heavy atom. The van der Waals surface area contributed by atoms with Crippen molar-refractivity contribution >= 4 is 39.7 Å². The summed E-state index contributed by atoms with van der Waals surface area (Å²) in [6, 6.07) is 17.3. The molecule has 0 unspecified atom stereocenters. The van der Waals surface area contributed by atoms with E-state index in [-0.39, 0.29) is 41.1 Å². The van der Waals surface area contributed by atoms with Crippen LogP contribution in [-0.4, -0.2) is 38.0 Å². The first kappa shape index (κ1) is 15.4. The first-order valence-electron chi connectivity index (χ1n) is 5.17. The molecule has 0 aromatic heterocycles. The average molecular weight is 271 g/mol. The minimum Gasteiger partial charge on any atom is -0.262 e. The fraction of sp³-hybridized carbons (Fsp3) is 0.0769. The zero-order valence-corrected chi connectivity index (χ0v) is 12.9. The number of rotatable bonds is 4. The van der Waals surface area contributed by atoms with Crippen molar-refractivity contribution in [1.29, 1.82) is 0 Å². The van der Waals surface area contributed by atoms with Crippen LogP contribution in [0, 0.1) is 0 Å². The SMILES string of the molecule is O=S(=O)(OCc1ccccc1)c1ccccc1.[Na]. The van der Waals surface area contributed by atoms with Crippen molar-refractivity contribution in [3.8, 4) is 0 Å². The molecule has 0 spiro atoms. The van der Waals surface area contributed by atoms with Gasteiger partial charge in [-0.25, -0.2) is 0 Å². The van der Waals surface area contributed by atoms with Crippen molar-refractivity contribution in [3.63, 3.8) is 0 Å². The van der Waals surface area contributed by atoms with Gasteiger partial charge in [0.15, 0.2) is 0 Å². The van der Waals surface area contributed by atoms with Crippen molar-refractivity contribution in [1.82, 2.24) is 0 Å². The van der Waals surface area contributed by atoms with Gasteiger partial charge >= 0.3 is 0 Å². The molecule has 0 atom stereocenters. The summed E-state index contributed by atoms with van der Waals surface area (Å²) in [6.45, 7) is 0.0536. The van der Waals surface area contributed by atoms with Gasteiger partial charge in [-0.1, -0.05) is 48.5 Å². The van der Waals surface area contributed by atoms with Gasteiger partial charge in [-0.2, -0.15) is 8.42 Å². The van der Waals surface area contributed by atoms with Crippen molar-refractivity contribution in [2.75, 3.05) is 0 Å². The molecule has 2 aromatic carbocycles. The molecule has 5 heteroatoms. The van der Waals surface area contributed by atoms with Crippen molar-refractivity contribution in [3.05, 3.63) is 66.2 Å². The smallest absolute Gasteiger partial charge is 0.262 e. The zero-order chi connectivity index (χ0) is 12.1.